The topological polar surface area (TPSA) is 49.4 Å². The molecule has 1 aliphatic carbocycles. The molecule has 0 aromatic carbocycles. The van der Waals surface area contributed by atoms with Crippen molar-refractivity contribution in [2.24, 2.45) is 5.92 Å². The molecule has 1 aromatic rings. The van der Waals surface area contributed by atoms with Crippen LogP contribution in [0.3, 0.4) is 0 Å². The Bertz CT molecular complexity index is 532. The van der Waals surface area contributed by atoms with E-state index >= 15 is 0 Å². The molecule has 3 rings (SSSR count). The van der Waals surface area contributed by atoms with E-state index in [1.807, 2.05) is 36.3 Å². The number of hydrogen-bond donors (Lipinski definition) is 1. The number of amides is 2. The van der Waals surface area contributed by atoms with Crippen molar-refractivity contribution in [2.45, 2.75) is 57.7 Å². The molecule has 1 N–H and O–H groups in total. The lowest BCUT2D eigenvalue weighted by molar-refractivity contribution is -0.159. The van der Waals surface area contributed by atoms with Gasteiger partial charge in [-0.05, 0) is 30.2 Å². The summed E-state index contributed by atoms with van der Waals surface area (Å²) in [6.45, 7) is 4.53. The first kappa shape index (κ1) is 14.6. The highest BCUT2D eigenvalue weighted by Gasteiger charge is 2.54. The number of piperazine rings is 1. The third kappa shape index (κ3) is 2.37. The molecule has 1 saturated heterocycles. The number of hydrogen-bond acceptors (Lipinski definition) is 3. The predicted molar refractivity (Wildman–Crippen MR) is 82.8 cm³/mol. The molecule has 4 nitrogen and oxygen atoms in total. The summed E-state index contributed by atoms with van der Waals surface area (Å²) in [6, 6.07) is 3.65. The number of rotatable bonds is 3. The molecule has 114 valence electrons. The van der Waals surface area contributed by atoms with Gasteiger partial charge in [0.25, 0.3) is 0 Å². The van der Waals surface area contributed by atoms with Crippen molar-refractivity contribution in [3.8, 4) is 0 Å². The smallest absolute Gasteiger partial charge is 0.246 e. The third-order valence-electron chi connectivity index (χ3n) is 4.75. The summed E-state index contributed by atoms with van der Waals surface area (Å²) in [5.41, 5.74) is -0.605. The highest BCUT2D eigenvalue weighted by atomic mass is 32.1. The number of thiophene rings is 1. The van der Waals surface area contributed by atoms with Crippen molar-refractivity contribution in [1.82, 2.24) is 10.2 Å². The average Bonchev–Trinajstić information content (AvgIpc) is 3.10. The summed E-state index contributed by atoms with van der Waals surface area (Å²) in [5, 5.41) is 5.00. The summed E-state index contributed by atoms with van der Waals surface area (Å²) in [7, 11) is 0. The molecule has 5 heteroatoms. The summed E-state index contributed by atoms with van der Waals surface area (Å²) in [6.07, 6.45) is 3.63. The predicted octanol–water partition coefficient (Wildman–Crippen LogP) is 2.54. The molecule has 1 aliphatic heterocycles. The van der Waals surface area contributed by atoms with E-state index in [0.717, 1.165) is 30.6 Å². The molecular weight excluding hydrogens is 284 g/mol. The minimum Gasteiger partial charge on any atom is -0.342 e. The molecule has 0 radical (unpaired) electrons. The van der Waals surface area contributed by atoms with Crippen LogP contribution in [0.2, 0.25) is 0 Å². The Kier molecular flexibility index (Phi) is 3.78. The molecule has 1 saturated carbocycles. The molecule has 1 aromatic heterocycles. The fraction of sp³-hybridized carbons (Fsp3) is 0.625. The third-order valence-corrected chi connectivity index (χ3v) is 5.61. The van der Waals surface area contributed by atoms with Crippen LogP contribution in [0.25, 0.3) is 0 Å². The molecule has 1 unspecified atom stereocenters. The van der Waals surface area contributed by atoms with Crippen LogP contribution in [0.4, 0.5) is 0 Å². The molecule has 2 aliphatic rings. The molecule has 0 bridgehead atoms. The Balaban J connectivity index is 1.95. The lowest BCUT2D eigenvalue weighted by Crippen LogP contribution is -2.70. The first-order valence-corrected chi connectivity index (χ1v) is 8.57. The van der Waals surface area contributed by atoms with Crippen LogP contribution in [-0.4, -0.2) is 28.3 Å². The van der Waals surface area contributed by atoms with Gasteiger partial charge in [-0.1, -0.05) is 32.8 Å². The van der Waals surface area contributed by atoms with Gasteiger partial charge in [0.1, 0.15) is 11.6 Å². The zero-order valence-corrected chi connectivity index (χ0v) is 13.4. The van der Waals surface area contributed by atoms with Crippen molar-refractivity contribution >= 4 is 23.2 Å². The van der Waals surface area contributed by atoms with E-state index in [1.54, 1.807) is 11.3 Å². The fourth-order valence-electron chi connectivity index (χ4n) is 3.54. The van der Waals surface area contributed by atoms with Gasteiger partial charge in [-0.2, -0.15) is 0 Å². The van der Waals surface area contributed by atoms with Crippen LogP contribution < -0.4 is 5.32 Å². The van der Waals surface area contributed by atoms with Crippen LogP contribution in [0, 0.1) is 5.92 Å². The van der Waals surface area contributed by atoms with Crippen LogP contribution in [0.15, 0.2) is 17.5 Å². The van der Waals surface area contributed by atoms with E-state index < -0.39 is 5.54 Å². The first-order valence-electron chi connectivity index (χ1n) is 7.69. The molecule has 2 heterocycles. The quantitative estimate of drug-likeness (QED) is 0.933. The van der Waals surface area contributed by atoms with E-state index in [1.165, 1.54) is 0 Å². The van der Waals surface area contributed by atoms with Gasteiger partial charge >= 0.3 is 0 Å². The highest BCUT2D eigenvalue weighted by molar-refractivity contribution is 7.09. The van der Waals surface area contributed by atoms with E-state index in [2.05, 4.69) is 5.32 Å². The maximum Gasteiger partial charge on any atom is 0.246 e. The van der Waals surface area contributed by atoms with Crippen molar-refractivity contribution in [2.75, 3.05) is 0 Å². The second-order valence-corrected chi connectivity index (χ2v) is 7.47. The minimum absolute atomic E-state index is 0.0508. The minimum atomic E-state index is -0.605. The van der Waals surface area contributed by atoms with Crippen LogP contribution in [0.1, 0.15) is 44.4 Å². The van der Waals surface area contributed by atoms with E-state index in [9.17, 15) is 9.59 Å². The Hall–Kier alpha value is -1.36. The maximum absolute atomic E-state index is 12.9. The van der Waals surface area contributed by atoms with Gasteiger partial charge in [-0.3, -0.25) is 9.59 Å². The Morgan fingerprint density at radius 3 is 2.67 bits per heavy atom. The van der Waals surface area contributed by atoms with Crippen molar-refractivity contribution in [3.63, 3.8) is 0 Å². The Morgan fingerprint density at radius 1 is 1.38 bits per heavy atom. The van der Waals surface area contributed by atoms with Crippen LogP contribution in [-0.2, 0) is 16.1 Å². The lowest BCUT2D eigenvalue weighted by Gasteiger charge is -2.47. The number of nitrogens with one attached hydrogen (secondary N) is 1. The second kappa shape index (κ2) is 5.44. The normalized spacial score (nSPS) is 24.9. The molecule has 21 heavy (non-hydrogen) atoms. The SMILES string of the molecule is CC(C)C1NC(=O)C2(CCCC2)N(Cc2cccs2)C1=O. The van der Waals surface area contributed by atoms with Gasteiger partial charge in [0.15, 0.2) is 0 Å². The molecular formula is C16H22N2O2S. The first-order chi connectivity index (χ1) is 10.0. The standard InChI is InChI=1S/C16H22N2O2S/c1-11(2)13-14(19)18(10-12-6-5-9-21-12)16(15(20)17-13)7-3-4-8-16/h5-6,9,11,13H,3-4,7-8,10H2,1-2H3,(H,17,20). The van der Waals surface area contributed by atoms with Gasteiger partial charge in [0.05, 0.1) is 6.54 Å². The lowest BCUT2D eigenvalue weighted by atomic mass is 9.87. The van der Waals surface area contributed by atoms with Crippen molar-refractivity contribution in [3.05, 3.63) is 22.4 Å². The van der Waals surface area contributed by atoms with Gasteiger partial charge in [0, 0.05) is 4.88 Å². The highest BCUT2D eigenvalue weighted by Crippen LogP contribution is 2.40. The largest absolute Gasteiger partial charge is 0.342 e. The fourth-order valence-corrected chi connectivity index (χ4v) is 4.23. The van der Waals surface area contributed by atoms with Gasteiger partial charge < -0.3 is 10.2 Å². The van der Waals surface area contributed by atoms with Crippen LogP contribution >= 0.6 is 11.3 Å². The van der Waals surface area contributed by atoms with Gasteiger partial charge in [-0.25, -0.2) is 0 Å². The van der Waals surface area contributed by atoms with E-state index in [4.69, 9.17) is 0 Å². The van der Waals surface area contributed by atoms with Crippen LogP contribution in [0.5, 0.6) is 0 Å². The Labute approximate surface area is 129 Å². The average molecular weight is 306 g/mol. The summed E-state index contributed by atoms with van der Waals surface area (Å²) in [4.78, 5) is 28.6. The zero-order chi connectivity index (χ0) is 15.0. The molecule has 1 spiro atoms. The monoisotopic (exact) mass is 306 g/mol. The molecule has 1 atom stereocenters. The zero-order valence-electron chi connectivity index (χ0n) is 12.6. The second-order valence-electron chi connectivity index (χ2n) is 6.44. The molecule has 2 fully saturated rings. The van der Waals surface area contributed by atoms with Crippen molar-refractivity contribution in [1.29, 1.82) is 0 Å². The van der Waals surface area contributed by atoms with Gasteiger partial charge in [-0.15, -0.1) is 11.3 Å². The summed E-state index contributed by atoms with van der Waals surface area (Å²) >= 11 is 1.65. The Morgan fingerprint density at radius 2 is 2.10 bits per heavy atom. The molecule has 2 amide bonds. The van der Waals surface area contributed by atoms with E-state index in [-0.39, 0.29) is 23.8 Å². The van der Waals surface area contributed by atoms with E-state index in [0.29, 0.717) is 6.54 Å². The van der Waals surface area contributed by atoms with Gasteiger partial charge in [0.2, 0.25) is 11.8 Å². The number of carbonyl (C=O) groups is 2. The maximum atomic E-state index is 12.9. The summed E-state index contributed by atoms with van der Waals surface area (Å²) < 4.78 is 0. The van der Waals surface area contributed by atoms with Crippen molar-refractivity contribution < 1.29 is 9.59 Å². The number of carbonyl (C=O) groups excluding carboxylic acids is 2. The number of nitrogens with zero attached hydrogens (tertiary/aromatic N) is 1. The summed E-state index contributed by atoms with van der Waals surface area (Å²) in [5.74, 6) is 0.251.